The van der Waals surface area contributed by atoms with Crippen LogP contribution in [0.2, 0.25) is 5.02 Å². The number of halogens is 1. The van der Waals surface area contributed by atoms with Crippen LogP contribution in [0.5, 0.6) is 5.75 Å². The number of sulfonamides is 1. The van der Waals surface area contributed by atoms with E-state index in [0.29, 0.717) is 10.8 Å². The van der Waals surface area contributed by atoms with Crippen molar-refractivity contribution >= 4 is 39.1 Å². The summed E-state index contributed by atoms with van der Waals surface area (Å²) in [4.78, 5) is 28.3. The third-order valence-electron chi connectivity index (χ3n) is 6.39. The third-order valence-corrected chi connectivity index (χ3v) is 7.76. The van der Waals surface area contributed by atoms with Crippen molar-refractivity contribution in [1.29, 1.82) is 0 Å². The minimum Gasteiger partial charge on any atom is -0.495 e. The second-order valence-corrected chi connectivity index (χ2v) is 11.5. The highest BCUT2D eigenvalue weighted by molar-refractivity contribution is 7.92. The molecule has 1 fully saturated rings. The van der Waals surface area contributed by atoms with Gasteiger partial charge in [0.1, 0.15) is 18.3 Å². The van der Waals surface area contributed by atoms with Crippen LogP contribution >= 0.6 is 11.6 Å². The van der Waals surface area contributed by atoms with Crippen molar-refractivity contribution in [2.24, 2.45) is 0 Å². The second kappa shape index (κ2) is 12.5. The molecule has 1 aliphatic rings. The molecule has 8 nitrogen and oxygen atoms in total. The Kier molecular flexibility index (Phi) is 9.62. The quantitative estimate of drug-likeness (QED) is 0.496. The van der Waals surface area contributed by atoms with Gasteiger partial charge in [-0.05, 0) is 49.6 Å². The predicted molar refractivity (Wildman–Crippen MR) is 142 cm³/mol. The van der Waals surface area contributed by atoms with Crippen molar-refractivity contribution in [1.82, 2.24) is 10.2 Å². The minimum absolute atomic E-state index is 0.0814. The van der Waals surface area contributed by atoms with Gasteiger partial charge in [0.15, 0.2) is 0 Å². The fourth-order valence-corrected chi connectivity index (χ4v) is 5.48. The second-order valence-electron chi connectivity index (χ2n) is 9.11. The summed E-state index contributed by atoms with van der Waals surface area (Å²) >= 11 is 6.15. The number of hydrogen-bond acceptors (Lipinski definition) is 5. The van der Waals surface area contributed by atoms with Gasteiger partial charge in [-0.25, -0.2) is 8.42 Å². The summed E-state index contributed by atoms with van der Waals surface area (Å²) in [5.41, 5.74) is 0.981. The molecule has 0 saturated heterocycles. The van der Waals surface area contributed by atoms with Gasteiger partial charge in [-0.15, -0.1) is 0 Å². The Morgan fingerprint density at radius 2 is 1.81 bits per heavy atom. The number of benzene rings is 2. The summed E-state index contributed by atoms with van der Waals surface area (Å²) in [6, 6.07) is 12.9. The summed E-state index contributed by atoms with van der Waals surface area (Å²) < 4.78 is 31.8. The lowest BCUT2D eigenvalue weighted by Crippen LogP contribution is -2.53. The Labute approximate surface area is 218 Å². The molecule has 1 aliphatic carbocycles. The highest BCUT2D eigenvalue weighted by Crippen LogP contribution is 2.30. The molecular formula is C26H34ClN3O5S. The average Bonchev–Trinajstić information content (AvgIpc) is 2.85. The van der Waals surface area contributed by atoms with Crippen LogP contribution in [0.25, 0.3) is 0 Å². The lowest BCUT2D eigenvalue weighted by Gasteiger charge is -2.33. The average molecular weight is 536 g/mol. The van der Waals surface area contributed by atoms with Crippen LogP contribution in [0, 0.1) is 0 Å². The van der Waals surface area contributed by atoms with E-state index in [4.69, 9.17) is 16.3 Å². The summed E-state index contributed by atoms with van der Waals surface area (Å²) in [6.07, 6.45) is 6.14. The van der Waals surface area contributed by atoms with Crippen LogP contribution in [0.15, 0.2) is 48.5 Å². The highest BCUT2D eigenvalue weighted by atomic mass is 35.5. The lowest BCUT2D eigenvalue weighted by atomic mass is 9.95. The maximum absolute atomic E-state index is 13.7. The topological polar surface area (TPSA) is 96.0 Å². The molecule has 1 N–H and O–H groups in total. The van der Waals surface area contributed by atoms with E-state index in [1.807, 2.05) is 6.07 Å². The Balaban J connectivity index is 1.89. The molecule has 196 valence electrons. The fourth-order valence-electron chi connectivity index (χ4n) is 4.41. The first kappa shape index (κ1) is 27.8. The smallest absolute Gasteiger partial charge is 0.244 e. The van der Waals surface area contributed by atoms with Crippen molar-refractivity contribution < 1.29 is 22.7 Å². The molecule has 0 spiro atoms. The molecule has 36 heavy (non-hydrogen) atoms. The zero-order chi connectivity index (χ0) is 26.3. The van der Waals surface area contributed by atoms with Gasteiger partial charge in [0.05, 0.1) is 19.1 Å². The van der Waals surface area contributed by atoms with Gasteiger partial charge in [0, 0.05) is 17.6 Å². The third kappa shape index (κ3) is 7.36. The van der Waals surface area contributed by atoms with E-state index < -0.39 is 28.5 Å². The largest absolute Gasteiger partial charge is 0.495 e. The molecule has 0 radical (unpaired) electrons. The maximum atomic E-state index is 13.7. The van der Waals surface area contributed by atoms with Crippen LogP contribution in [0.1, 0.15) is 44.6 Å². The van der Waals surface area contributed by atoms with Crippen molar-refractivity contribution in [3.63, 3.8) is 0 Å². The molecule has 0 heterocycles. The Morgan fingerprint density at radius 1 is 1.11 bits per heavy atom. The van der Waals surface area contributed by atoms with Gasteiger partial charge in [-0.3, -0.25) is 13.9 Å². The lowest BCUT2D eigenvalue weighted by molar-refractivity contribution is -0.139. The highest BCUT2D eigenvalue weighted by Gasteiger charge is 2.32. The number of methoxy groups -OCH3 is 1. The maximum Gasteiger partial charge on any atom is 0.244 e. The molecule has 0 aliphatic heterocycles. The normalized spacial score (nSPS) is 15.1. The van der Waals surface area contributed by atoms with E-state index in [9.17, 15) is 18.0 Å². The first-order valence-electron chi connectivity index (χ1n) is 12.0. The van der Waals surface area contributed by atoms with Gasteiger partial charge in [0.25, 0.3) is 0 Å². The van der Waals surface area contributed by atoms with Gasteiger partial charge in [-0.2, -0.15) is 0 Å². The molecule has 2 aromatic rings. The van der Waals surface area contributed by atoms with Crippen LogP contribution in [0.3, 0.4) is 0 Å². The van der Waals surface area contributed by atoms with Gasteiger partial charge in [-0.1, -0.05) is 55.1 Å². The van der Waals surface area contributed by atoms with Crippen molar-refractivity contribution in [2.45, 2.75) is 57.7 Å². The monoisotopic (exact) mass is 535 g/mol. The van der Waals surface area contributed by atoms with Crippen LogP contribution in [-0.2, 0) is 26.2 Å². The SMILES string of the molecule is COc1ccccc1N(CC(=O)N(Cc1cccc(Cl)c1)[C@H](C)C(=O)NC1CCCCC1)S(C)(=O)=O. The molecule has 0 bridgehead atoms. The molecule has 1 saturated carbocycles. The first-order chi connectivity index (χ1) is 17.1. The molecule has 1 atom stereocenters. The van der Waals surface area contributed by atoms with E-state index in [1.165, 1.54) is 12.0 Å². The number of rotatable bonds is 10. The molecule has 2 amide bonds. The van der Waals surface area contributed by atoms with Gasteiger partial charge in [0.2, 0.25) is 21.8 Å². The number of nitrogens with one attached hydrogen (secondary N) is 1. The zero-order valence-electron chi connectivity index (χ0n) is 20.9. The van der Waals surface area contributed by atoms with Gasteiger partial charge < -0.3 is 15.0 Å². The summed E-state index contributed by atoms with van der Waals surface area (Å²) in [5, 5.41) is 3.58. The van der Waals surface area contributed by atoms with E-state index in [-0.39, 0.29) is 24.2 Å². The predicted octanol–water partition coefficient (Wildman–Crippen LogP) is 3.98. The summed E-state index contributed by atoms with van der Waals surface area (Å²) in [6.45, 7) is 1.28. The molecular weight excluding hydrogens is 502 g/mol. The van der Waals surface area contributed by atoms with E-state index in [2.05, 4.69) is 5.32 Å². The number of anilines is 1. The summed E-state index contributed by atoms with van der Waals surface area (Å²) in [5.74, 6) is -0.460. The molecule has 10 heteroatoms. The minimum atomic E-state index is -3.84. The van der Waals surface area contributed by atoms with Crippen LogP contribution in [-0.4, -0.2) is 57.1 Å². The number of amides is 2. The molecule has 3 rings (SSSR count). The standard InChI is InChI=1S/C26H34ClN3O5S/c1-19(26(32)28-22-12-5-4-6-13-22)29(17-20-10-9-11-21(27)16-20)25(31)18-30(36(3,33)34)23-14-7-8-15-24(23)35-2/h7-11,14-16,19,22H,4-6,12-13,17-18H2,1-3H3,(H,28,32)/t19-/m1/s1. The molecule has 0 unspecified atom stereocenters. The van der Waals surface area contributed by atoms with E-state index in [1.54, 1.807) is 49.4 Å². The van der Waals surface area contributed by atoms with Crippen molar-refractivity contribution in [3.05, 3.63) is 59.1 Å². The molecule has 2 aromatic carbocycles. The Bertz CT molecular complexity index is 1170. The zero-order valence-corrected chi connectivity index (χ0v) is 22.5. The Hall–Kier alpha value is -2.78. The first-order valence-corrected chi connectivity index (χ1v) is 14.3. The number of nitrogens with zero attached hydrogens (tertiary/aromatic N) is 2. The van der Waals surface area contributed by atoms with Crippen molar-refractivity contribution in [2.75, 3.05) is 24.2 Å². The number of ether oxygens (including phenoxy) is 1. The number of hydrogen-bond donors (Lipinski definition) is 1. The number of carbonyl (C=O) groups is 2. The van der Waals surface area contributed by atoms with E-state index >= 15 is 0 Å². The van der Waals surface area contributed by atoms with Crippen LogP contribution < -0.4 is 14.4 Å². The summed E-state index contributed by atoms with van der Waals surface area (Å²) in [7, 11) is -2.41. The number of para-hydroxylation sites is 2. The van der Waals surface area contributed by atoms with Crippen molar-refractivity contribution in [3.8, 4) is 5.75 Å². The molecule has 0 aromatic heterocycles. The number of carbonyl (C=O) groups excluding carboxylic acids is 2. The van der Waals surface area contributed by atoms with Gasteiger partial charge >= 0.3 is 0 Å². The Morgan fingerprint density at radius 3 is 2.44 bits per heavy atom. The van der Waals surface area contributed by atoms with Crippen LogP contribution in [0.4, 0.5) is 5.69 Å². The van der Waals surface area contributed by atoms with E-state index in [0.717, 1.165) is 48.2 Å². The fraction of sp³-hybridized carbons (Fsp3) is 0.462.